The van der Waals surface area contributed by atoms with E-state index in [-0.39, 0.29) is 17.3 Å². The fraction of sp³-hybridized carbons (Fsp3) is 0.417. The predicted octanol–water partition coefficient (Wildman–Crippen LogP) is 3.09. The van der Waals surface area contributed by atoms with Crippen molar-refractivity contribution >= 4 is 21.8 Å². The lowest BCUT2D eigenvalue weighted by Crippen LogP contribution is -2.50. The first-order valence-corrected chi connectivity index (χ1v) is 12.3. The molecule has 0 saturated carbocycles. The van der Waals surface area contributed by atoms with E-state index in [2.05, 4.69) is 5.32 Å². The van der Waals surface area contributed by atoms with Gasteiger partial charge in [0.05, 0.1) is 11.4 Å². The molecule has 0 radical (unpaired) electrons. The largest absolute Gasteiger partial charge is 0.354 e. The summed E-state index contributed by atoms with van der Waals surface area (Å²) < 4.78 is 40.1. The molecular formula is C24H32FN3O4S. The van der Waals surface area contributed by atoms with Crippen molar-refractivity contribution in [2.45, 2.75) is 51.1 Å². The van der Waals surface area contributed by atoms with E-state index in [4.69, 9.17) is 0 Å². The van der Waals surface area contributed by atoms with Crippen molar-refractivity contribution in [1.29, 1.82) is 0 Å². The molecule has 2 rings (SSSR count). The Balaban J connectivity index is 2.22. The van der Waals surface area contributed by atoms with Crippen molar-refractivity contribution < 1.29 is 22.4 Å². The highest BCUT2D eigenvalue weighted by Crippen LogP contribution is 2.17. The number of hydrogen-bond donors (Lipinski definition) is 1. The summed E-state index contributed by atoms with van der Waals surface area (Å²) in [5.74, 6) is -1.27. The van der Waals surface area contributed by atoms with Crippen LogP contribution >= 0.6 is 0 Å². The van der Waals surface area contributed by atoms with E-state index >= 15 is 0 Å². The number of nitrogens with one attached hydrogen (secondary N) is 1. The molecular weight excluding hydrogens is 445 g/mol. The van der Waals surface area contributed by atoms with Gasteiger partial charge in [0.25, 0.3) is 0 Å². The Kier molecular flexibility index (Phi) is 9.55. The number of sulfonamides is 1. The molecule has 1 unspecified atom stereocenters. The van der Waals surface area contributed by atoms with Crippen LogP contribution in [0.5, 0.6) is 0 Å². The zero-order valence-corrected chi connectivity index (χ0v) is 20.4. The summed E-state index contributed by atoms with van der Waals surface area (Å²) in [4.78, 5) is 27.2. The molecule has 7 nitrogen and oxygen atoms in total. The van der Waals surface area contributed by atoms with Gasteiger partial charge >= 0.3 is 0 Å². The van der Waals surface area contributed by atoms with Gasteiger partial charge < -0.3 is 10.2 Å². The molecule has 0 aliphatic heterocycles. The zero-order chi connectivity index (χ0) is 24.6. The second-order valence-corrected chi connectivity index (χ2v) is 10.1. The minimum absolute atomic E-state index is 0.0416. The first-order valence-electron chi connectivity index (χ1n) is 10.9. The molecule has 0 bridgehead atoms. The highest BCUT2D eigenvalue weighted by molar-refractivity contribution is 7.89. The molecule has 2 aromatic rings. The van der Waals surface area contributed by atoms with E-state index in [0.29, 0.717) is 12.1 Å². The van der Waals surface area contributed by atoms with E-state index in [1.54, 1.807) is 19.1 Å². The number of likely N-dealkylation sites (N-methyl/N-ethyl adjacent to an activating group) is 1. The maximum Gasteiger partial charge on any atom is 0.243 e. The van der Waals surface area contributed by atoms with Crippen LogP contribution < -0.4 is 5.32 Å². The van der Waals surface area contributed by atoms with Crippen LogP contribution in [0.4, 0.5) is 4.39 Å². The van der Waals surface area contributed by atoms with Gasteiger partial charge in [-0.2, -0.15) is 4.31 Å². The van der Waals surface area contributed by atoms with Gasteiger partial charge in [0, 0.05) is 20.1 Å². The highest BCUT2D eigenvalue weighted by atomic mass is 32.2. The maximum absolute atomic E-state index is 13.3. The summed E-state index contributed by atoms with van der Waals surface area (Å²) in [7, 11) is -2.56. The van der Waals surface area contributed by atoms with Gasteiger partial charge in [0.1, 0.15) is 11.9 Å². The van der Waals surface area contributed by atoms with Gasteiger partial charge in [-0.25, -0.2) is 12.8 Å². The molecule has 0 aliphatic rings. The van der Waals surface area contributed by atoms with Crippen LogP contribution in [0.2, 0.25) is 0 Å². The number of halogens is 1. The van der Waals surface area contributed by atoms with Crippen LogP contribution in [0.3, 0.4) is 0 Å². The van der Waals surface area contributed by atoms with Crippen molar-refractivity contribution in [3.05, 3.63) is 65.5 Å². The van der Waals surface area contributed by atoms with E-state index < -0.39 is 34.3 Å². The van der Waals surface area contributed by atoms with Crippen molar-refractivity contribution in [3.8, 4) is 0 Å². The Bertz CT molecular complexity index is 1040. The van der Waals surface area contributed by atoms with Gasteiger partial charge in [-0.15, -0.1) is 0 Å². The quantitative estimate of drug-likeness (QED) is 0.504. The van der Waals surface area contributed by atoms with Crippen molar-refractivity contribution in [1.82, 2.24) is 14.5 Å². The summed E-state index contributed by atoms with van der Waals surface area (Å²) in [5.41, 5.74) is 1.54. The van der Waals surface area contributed by atoms with E-state index in [1.165, 1.54) is 48.3 Å². The van der Waals surface area contributed by atoms with Crippen LogP contribution in [-0.2, 0) is 26.2 Å². The van der Waals surface area contributed by atoms with Crippen molar-refractivity contribution in [2.24, 2.45) is 0 Å². The average Bonchev–Trinajstić information content (AvgIpc) is 2.78. The number of carbonyl (C=O) groups excluding carboxylic acids is 2. The van der Waals surface area contributed by atoms with Crippen LogP contribution in [-0.4, -0.2) is 55.6 Å². The van der Waals surface area contributed by atoms with Gasteiger partial charge in [-0.05, 0) is 50.1 Å². The Morgan fingerprint density at radius 3 is 2.24 bits per heavy atom. The molecule has 0 saturated heterocycles. The number of hydrogen-bond acceptors (Lipinski definition) is 4. The van der Waals surface area contributed by atoms with Gasteiger partial charge in [-0.1, -0.05) is 43.2 Å². The van der Waals surface area contributed by atoms with E-state index in [1.807, 2.05) is 13.8 Å². The first kappa shape index (κ1) is 26.5. The Labute approximate surface area is 195 Å². The third-order valence-corrected chi connectivity index (χ3v) is 7.17. The number of amides is 2. The van der Waals surface area contributed by atoms with E-state index in [0.717, 1.165) is 22.7 Å². The topological polar surface area (TPSA) is 86.8 Å². The average molecular weight is 478 g/mol. The monoisotopic (exact) mass is 477 g/mol. The normalized spacial score (nSPS) is 12.4. The lowest BCUT2D eigenvalue weighted by molar-refractivity contribution is -0.140. The second kappa shape index (κ2) is 11.9. The molecule has 33 heavy (non-hydrogen) atoms. The van der Waals surface area contributed by atoms with Crippen LogP contribution in [0.15, 0.2) is 53.4 Å². The SMILES string of the molecule is CCCCNC(=O)C(C)N(Cc1ccc(F)cc1)C(=O)CN(C)S(=O)(=O)c1ccc(C)cc1. The van der Waals surface area contributed by atoms with Gasteiger partial charge in [0.2, 0.25) is 21.8 Å². The standard InChI is InChI=1S/C24H32FN3O4S/c1-5-6-15-26-24(30)19(3)28(16-20-9-11-21(25)12-10-20)23(29)17-27(4)33(31,32)22-13-7-18(2)8-14-22/h7-14,19H,5-6,15-17H2,1-4H3,(H,26,30). The Hall–Kier alpha value is -2.78. The van der Waals surface area contributed by atoms with Crippen LogP contribution in [0.25, 0.3) is 0 Å². The molecule has 2 amide bonds. The molecule has 0 spiro atoms. The maximum atomic E-state index is 13.3. The second-order valence-electron chi connectivity index (χ2n) is 8.04. The molecule has 2 aromatic carbocycles. The number of benzene rings is 2. The lowest BCUT2D eigenvalue weighted by atomic mass is 10.1. The molecule has 180 valence electrons. The summed E-state index contributed by atoms with van der Waals surface area (Å²) in [6.07, 6.45) is 1.72. The fourth-order valence-corrected chi connectivity index (χ4v) is 4.28. The minimum Gasteiger partial charge on any atom is -0.354 e. The number of rotatable bonds is 11. The van der Waals surface area contributed by atoms with Crippen LogP contribution in [0, 0.1) is 12.7 Å². The molecule has 1 atom stereocenters. The number of unbranched alkanes of at least 4 members (excludes halogenated alkanes) is 1. The van der Waals surface area contributed by atoms with Crippen molar-refractivity contribution in [2.75, 3.05) is 20.1 Å². The summed E-state index contributed by atoms with van der Waals surface area (Å²) >= 11 is 0. The third-order valence-electron chi connectivity index (χ3n) is 5.35. The zero-order valence-electron chi connectivity index (χ0n) is 19.5. The molecule has 0 aromatic heterocycles. The van der Waals surface area contributed by atoms with Crippen LogP contribution in [0.1, 0.15) is 37.8 Å². The van der Waals surface area contributed by atoms with Gasteiger partial charge in [0.15, 0.2) is 0 Å². The molecule has 9 heteroatoms. The van der Waals surface area contributed by atoms with Crippen molar-refractivity contribution in [3.63, 3.8) is 0 Å². The molecule has 0 heterocycles. The number of carbonyl (C=O) groups is 2. The third kappa shape index (κ3) is 7.36. The lowest BCUT2D eigenvalue weighted by Gasteiger charge is -2.30. The fourth-order valence-electron chi connectivity index (χ4n) is 3.16. The summed E-state index contributed by atoms with van der Waals surface area (Å²) in [6, 6.07) is 11.1. The number of nitrogens with zero attached hydrogens (tertiary/aromatic N) is 2. The molecule has 1 N–H and O–H groups in total. The predicted molar refractivity (Wildman–Crippen MR) is 125 cm³/mol. The molecule has 0 aliphatic carbocycles. The highest BCUT2D eigenvalue weighted by Gasteiger charge is 2.30. The first-order chi connectivity index (χ1) is 15.6. The number of aryl methyl sites for hydroxylation is 1. The smallest absolute Gasteiger partial charge is 0.243 e. The minimum atomic E-state index is -3.89. The molecule has 0 fully saturated rings. The summed E-state index contributed by atoms with van der Waals surface area (Å²) in [5, 5.41) is 2.80. The summed E-state index contributed by atoms with van der Waals surface area (Å²) in [6.45, 7) is 5.54. The Morgan fingerprint density at radius 2 is 1.67 bits per heavy atom. The van der Waals surface area contributed by atoms with E-state index in [9.17, 15) is 22.4 Å². The van der Waals surface area contributed by atoms with Gasteiger partial charge in [-0.3, -0.25) is 9.59 Å². The Morgan fingerprint density at radius 1 is 1.06 bits per heavy atom.